The molecule has 1 aliphatic heterocycles. The van der Waals surface area contributed by atoms with Gasteiger partial charge in [-0.05, 0) is 60.4 Å². The van der Waals surface area contributed by atoms with Gasteiger partial charge in [-0.25, -0.2) is 0 Å². The number of rotatable bonds is 8. The van der Waals surface area contributed by atoms with E-state index in [0.29, 0.717) is 39.0 Å². The lowest BCUT2D eigenvalue weighted by Crippen LogP contribution is -2.44. The third kappa shape index (κ3) is 5.71. The van der Waals surface area contributed by atoms with Gasteiger partial charge in [0.25, 0.3) is 11.8 Å². The normalized spacial score (nSPS) is 14.2. The number of thiocarbonyl (C=S) groups is 1. The minimum atomic E-state index is -0.406. The third-order valence-corrected chi connectivity index (χ3v) is 7.01. The maximum Gasteiger partial charge on any atom is 0.285 e. The van der Waals surface area contributed by atoms with E-state index >= 15 is 0 Å². The smallest absolute Gasteiger partial charge is 0.285 e. The second kappa shape index (κ2) is 11.2. The van der Waals surface area contributed by atoms with Crippen molar-refractivity contribution >= 4 is 57.5 Å². The zero-order valence-electron chi connectivity index (χ0n) is 18.5. The average Bonchev–Trinajstić information content (AvgIpc) is 3.49. The van der Waals surface area contributed by atoms with Crippen LogP contribution in [0.1, 0.15) is 33.3 Å². The number of carbonyl (C=O) groups excluding carboxylic acids is 2. The van der Waals surface area contributed by atoms with Gasteiger partial charge in [0, 0.05) is 5.56 Å². The van der Waals surface area contributed by atoms with Crippen LogP contribution in [0.5, 0.6) is 11.5 Å². The summed E-state index contributed by atoms with van der Waals surface area (Å²) in [6.07, 6.45) is 1.69. The Balaban J connectivity index is 1.50. The van der Waals surface area contributed by atoms with Crippen molar-refractivity contribution in [3.05, 3.63) is 86.5 Å². The number of benzene rings is 2. The number of hydrazine groups is 1. The molecule has 10 heteroatoms. The van der Waals surface area contributed by atoms with E-state index in [2.05, 4.69) is 11.5 Å². The van der Waals surface area contributed by atoms with Gasteiger partial charge in [-0.1, -0.05) is 42.1 Å². The Bertz CT molecular complexity index is 1350. The summed E-state index contributed by atoms with van der Waals surface area (Å²) < 4.78 is 11.9. The van der Waals surface area contributed by atoms with Crippen molar-refractivity contribution in [2.45, 2.75) is 13.5 Å². The van der Waals surface area contributed by atoms with Crippen LogP contribution in [-0.4, -0.2) is 27.8 Å². The fourth-order valence-corrected chi connectivity index (χ4v) is 4.99. The second-order valence-electron chi connectivity index (χ2n) is 7.13. The van der Waals surface area contributed by atoms with Gasteiger partial charge in [0.05, 0.1) is 28.0 Å². The lowest BCUT2D eigenvalue weighted by Gasteiger charge is -2.14. The van der Waals surface area contributed by atoms with Crippen molar-refractivity contribution in [2.24, 2.45) is 0 Å². The first-order valence-corrected chi connectivity index (χ1v) is 12.6. The van der Waals surface area contributed by atoms with Crippen molar-refractivity contribution in [2.75, 3.05) is 6.61 Å². The molecule has 0 atom stereocenters. The molecule has 0 unspecified atom stereocenters. The Morgan fingerprint density at radius 3 is 2.74 bits per heavy atom. The van der Waals surface area contributed by atoms with Gasteiger partial charge in [0.15, 0.2) is 15.8 Å². The average molecular weight is 522 g/mol. The Kier molecular flexibility index (Phi) is 7.82. The number of thiophene rings is 1. The summed E-state index contributed by atoms with van der Waals surface area (Å²) in [5.74, 6) is 0.233. The van der Waals surface area contributed by atoms with Crippen LogP contribution in [0.3, 0.4) is 0 Å². The number of nitrogens with one attached hydrogen (secondary N) is 1. The van der Waals surface area contributed by atoms with Crippen molar-refractivity contribution in [3.8, 4) is 17.6 Å². The highest BCUT2D eigenvalue weighted by molar-refractivity contribution is 8.26. The van der Waals surface area contributed by atoms with E-state index in [1.807, 2.05) is 19.1 Å². The number of ether oxygens (including phenoxy) is 2. The van der Waals surface area contributed by atoms with Gasteiger partial charge in [0.2, 0.25) is 0 Å². The van der Waals surface area contributed by atoms with Crippen molar-refractivity contribution < 1.29 is 19.1 Å². The summed E-state index contributed by atoms with van der Waals surface area (Å²) in [6, 6.07) is 18.1. The number of amides is 2. The Morgan fingerprint density at radius 1 is 1.17 bits per heavy atom. The number of nitrogens with zero attached hydrogens (tertiary/aromatic N) is 2. The van der Waals surface area contributed by atoms with Crippen molar-refractivity contribution in [3.63, 3.8) is 0 Å². The lowest BCUT2D eigenvalue weighted by molar-refractivity contribution is -0.123. The summed E-state index contributed by atoms with van der Waals surface area (Å²) in [5.41, 5.74) is 4.60. The molecule has 1 aromatic heterocycles. The third-order valence-electron chi connectivity index (χ3n) is 4.84. The first kappa shape index (κ1) is 24.5. The maximum absolute atomic E-state index is 12.9. The summed E-state index contributed by atoms with van der Waals surface area (Å²) in [6.45, 7) is 2.50. The lowest BCUT2D eigenvalue weighted by atomic mass is 10.1. The molecule has 1 N–H and O–H groups in total. The van der Waals surface area contributed by atoms with Gasteiger partial charge in [0.1, 0.15) is 6.61 Å². The maximum atomic E-state index is 12.9. The Morgan fingerprint density at radius 2 is 2.00 bits per heavy atom. The zero-order valence-corrected chi connectivity index (χ0v) is 21.0. The van der Waals surface area contributed by atoms with E-state index in [1.54, 1.807) is 53.9 Å². The standard InChI is InChI=1S/C25H19N3O4S3/c1-2-31-20-12-16(9-10-19(20)32-15-18-7-4-3-6-17(18)14-26)13-22-24(30)28(25(33)35-22)27-23(29)21-8-5-11-34-21/h3-13H,2,15H2,1H3,(H,27,29)/b22-13+. The summed E-state index contributed by atoms with van der Waals surface area (Å²) >= 11 is 7.68. The molecule has 2 heterocycles. The van der Waals surface area contributed by atoms with Crippen LogP contribution in [-0.2, 0) is 11.4 Å². The van der Waals surface area contributed by atoms with E-state index in [0.717, 1.165) is 22.3 Å². The van der Waals surface area contributed by atoms with Crippen LogP contribution in [0.15, 0.2) is 64.9 Å². The molecule has 35 heavy (non-hydrogen) atoms. The van der Waals surface area contributed by atoms with Crippen LogP contribution >= 0.6 is 35.3 Å². The van der Waals surface area contributed by atoms with Crippen LogP contribution < -0.4 is 14.9 Å². The second-order valence-corrected chi connectivity index (χ2v) is 9.76. The van der Waals surface area contributed by atoms with E-state index in [1.165, 1.54) is 11.3 Å². The molecule has 0 radical (unpaired) electrons. The predicted molar refractivity (Wildman–Crippen MR) is 140 cm³/mol. The molecule has 4 rings (SSSR count). The van der Waals surface area contributed by atoms with Crippen molar-refractivity contribution in [1.29, 1.82) is 5.26 Å². The molecule has 7 nitrogen and oxygen atoms in total. The first-order chi connectivity index (χ1) is 17.0. The number of nitriles is 1. The van der Waals surface area contributed by atoms with Crippen LogP contribution in [0.2, 0.25) is 0 Å². The molecule has 3 aromatic rings. The van der Waals surface area contributed by atoms with Crippen LogP contribution in [0, 0.1) is 11.3 Å². The molecule has 1 aliphatic rings. The molecule has 0 spiro atoms. The van der Waals surface area contributed by atoms with Gasteiger partial charge in [-0.15, -0.1) is 11.3 Å². The Hall–Kier alpha value is -3.65. The minimum Gasteiger partial charge on any atom is -0.490 e. The zero-order chi connectivity index (χ0) is 24.8. The Labute approximate surface area is 215 Å². The molecule has 176 valence electrons. The first-order valence-electron chi connectivity index (χ1n) is 10.5. The highest BCUT2D eigenvalue weighted by Gasteiger charge is 2.34. The molecule has 1 saturated heterocycles. The fraction of sp³-hybridized carbons (Fsp3) is 0.120. The summed E-state index contributed by atoms with van der Waals surface area (Å²) in [4.78, 5) is 26.1. The quantitative estimate of drug-likeness (QED) is 0.324. The monoisotopic (exact) mass is 521 g/mol. The highest BCUT2D eigenvalue weighted by Crippen LogP contribution is 2.34. The van der Waals surface area contributed by atoms with Gasteiger partial charge < -0.3 is 9.47 Å². The van der Waals surface area contributed by atoms with Gasteiger partial charge >= 0.3 is 0 Å². The summed E-state index contributed by atoms with van der Waals surface area (Å²) in [7, 11) is 0. The molecular formula is C25H19N3O4S3. The SMILES string of the molecule is CCOc1cc(/C=C2/SC(=S)N(NC(=O)c3cccs3)C2=O)ccc1OCc1ccccc1C#N. The van der Waals surface area contributed by atoms with E-state index in [9.17, 15) is 14.9 Å². The molecule has 0 bridgehead atoms. The van der Waals surface area contributed by atoms with Crippen molar-refractivity contribution in [1.82, 2.24) is 10.4 Å². The van der Waals surface area contributed by atoms with E-state index in [-0.39, 0.29) is 10.9 Å². The van der Waals surface area contributed by atoms with E-state index in [4.69, 9.17) is 21.7 Å². The number of hydrogen-bond donors (Lipinski definition) is 1. The highest BCUT2D eigenvalue weighted by atomic mass is 32.2. The van der Waals surface area contributed by atoms with Crippen LogP contribution in [0.4, 0.5) is 0 Å². The molecular weight excluding hydrogens is 502 g/mol. The molecule has 2 amide bonds. The largest absolute Gasteiger partial charge is 0.490 e. The minimum absolute atomic E-state index is 0.214. The number of carbonyl (C=O) groups is 2. The van der Waals surface area contributed by atoms with E-state index < -0.39 is 11.8 Å². The fourth-order valence-electron chi connectivity index (χ4n) is 3.19. The molecule has 0 saturated carbocycles. The molecule has 2 aromatic carbocycles. The molecule has 0 aliphatic carbocycles. The topological polar surface area (TPSA) is 91.7 Å². The summed E-state index contributed by atoms with van der Waals surface area (Å²) in [5, 5.41) is 12.1. The predicted octanol–water partition coefficient (Wildman–Crippen LogP) is 5.14. The van der Waals surface area contributed by atoms with Gasteiger partial charge in [-0.2, -0.15) is 10.3 Å². The van der Waals surface area contributed by atoms with Gasteiger partial charge in [-0.3, -0.25) is 15.0 Å². The molecule has 1 fully saturated rings. The van der Waals surface area contributed by atoms with Crippen LogP contribution in [0.25, 0.3) is 6.08 Å². The number of hydrogen-bond acceptors (Lipinski definition) is 8. The number of thioether (sulfide) groups is 1.